The van der Waals surface area contributed by atoms with Gasteiger partial charge in [0.05, 0.1) is 0 Å². The fourth-order valence-corrected chi connectivity index (χ4v) is 6.33. The van der Waals surface area contributed by atoms with Gasteiger partial charge in [-0.3, -0.25) is 0 Å². The number of aromatic nitrogens is 2. The van der Waals surface area contributed by atoms with Crippen molar-refractivity contribution in [2.75, 3.05) is 3.11 Å². The summed E-state index contributed by atoms with van der Waals surface area (Å²) in [5.74, 6) is 1.12. The summed E-state index contributed by atoms with van der Waals surface area (Å²) in [5.41, 5.74) is 2.31. The molecule has 4 heteroatoms. The molecule has 1 N–H and O–H groups in total. The normalized spacial score (nSPS) is 15.7. The monoisotopic (exact) mass is 458 g/mol. The van der Waals surface area contributed by atoms with Crippen LogP contribution in [0.1, 0.15) is 38.5 Å². The van der Waals surface area contributed by atoms with Gasteiger partial charge in [-0.25, -0.2) is 0 Å². The van der Waals surface area contributed by atoms with E-state index < -0.39 is 0 Å². The van der Waals surface area contributed by atoms with E-state index in [9.17, 15) is 0 Å². The van der Waals surface area contributed by atoms with Crippen molar-refractivity contribution in [1.82, 2.24) is 10.2 Å². The number of nitrogens with one attached hydrogen (secondary N) is 1. The van der Waals surface area contributed by atoms with Gasteiger partial charge in [0.15, 0.2) is 0 Å². The molecule has 0 atom stereocenters. The maximum atomic E-state index is 4.72. The van der Waals surface area contributed by atoms with Crippen LogP contribution in [0.15, 0.2) is 66.7 Å². The second-order valence-electron chi connectivity index (χ2n) is 6.84. The molecule has 0 amide bonds. The zero-order valence-corrected chi connectivity index (χ0v) is 17.1. The Morgan fingerprint density at radius 1 is 0.846 bits per heavy atom. The molecule has 2 aromatic carbocycles. The number of halogens is 1. The number of rotatable bonds is 5. The number of benzene rings is 2. The van der Waals surface area contributed by atoms with Gasteiger partial charge >= 0.3 is 167 Å². The van der Waals surface area contributed by atoms with Crippen molar-refractivity contribution in [2.45, 2.75) is 44.6 Å². The maximum absolute atomic E-state index is 4.72. The first kappa shape index (κ1) is 17.6. The molecule has 1 aliphatic carbocycles. The van der Waals surface area contributed by atoms with Crippen LogP contribution in [0, 0.1) is 3.57 Å². The average Bonchev–Trinajstić information content (AvgIpc) is 3.03. The summed E-state index contributed by atoms with van der Waals surface area (Å²) in [6.45, 7) is 0. The van der Waals surface area contributed by atoms with Crippen LogP contribution in [0.4, 0.5) is 5.82 Å². The third-order valence-electron chi connectivity index (χ3n) is 4.94. The Labute approximate surface area is 166 Å². The SMILES string of the molecule is c1ccc([I-]N(c2cc(-c3ccccc3)[nH]n2)C2CCCCCC2)cc1. The van der Waals surface area contributed by atoms with Crippen molar-refractivity contribution < 1.29 is 21.5 Å². The predicted octanol–water partition coefficient (Wildman–Crippen LogP) is 2.48. The Morgan fingerprint density at radius 2 is 1.50 bits per heavy atom. The number of nitrogens with zero attached hydrogens (tertiary/aromatic N) is 2. The molecule has 3 nitrogen and oxygen atoms in total. The molecule has 0 radical (unpaired) electrons. The van der Waals surface area contributed by atoms with Gasteiger partial charge in [-0.2, -0.15) is 0 Å². The second-order valence-corrected chi connectivity index (χ2v) is 9.61. The minimum absolute atomic E-state index is 0.261. The minimum atomic E-state index is -0.261. The zero-order chi connectivity index (χ0) is 17.6. The van der Waals surface area contributed by atoms with Gasteiger partial charge in [-0.1, -0.05) is 0 Å². The van der Waals surface area contributed by atoms with Gasteiger partial charge in [-0.05, 0) is 0 Å². The third kappa shape index (κ3) is 4.29. The molecule has 0 bridgehead atoms. The standard InChI is InChI=1S/C22H25IN3/c1-2-10-16-20(15-9-1)26(23-19-13-7-4-8-14-19)22-17-21(24-25-22)18-11-5-3-6-12-18/h3-8,11-14,17,20H,1-2,9-10,15-16H2,(H,24,25)/q-1. The fourth-order valence-electron chi connectivity index (χ4n) is 3.55. The van der Waals surface area contributed by atoms with Crippen molar-refractivity contribution >= 4 is 5.82 Å². The molecule has 4 rings (SSSR count). The van der Waals surface area contributed by atoms with E-state index >= 15 is 0 Å². The van der Waals surface area contributed by atoms with Gasteiger partial charge in [-0.15, -0.1) is 0 Å². The van der Waals surface area contributed by atoms with E-state index in [1.807, 2.05) is 0 Å². The Bertz CT molecular complexity index is 793. The quantitative estimate of drug-likeness (QED) is 0.362. The van der Waals surface area contributed by atoms with E-state index in [-0.39, 0.29) is 21.5 Å². The fraction of sp³-hybridized carbons (Fsp3) is 0.318. The van der Waals surface area contributed by atoms with Gasteiger partial charge in [0, 0.05) is 0 Å². The van der Waals surface area contributed by atoms with Gasteiger partial charge in [0.1, 0.15) is 0 Å². The summed E-state index contributed by atoms with van der Waals surface area (Å²) < 4.78 is 4.09. The molecule has 0 saturated heterocycles. The Morgan fingerprint density at radius 3 is 2.19 bits per heavy atom. The van der Waals surface area contributed by atoms with Crippen LogP contribution in [0.2, 0.25) is 0 Å². The zero-order valence-electron chi connectivity index (χ0n) is 14.9. The van der Waals surface area contributed by atoms with Crippen LogP contribution in [-0.2, 0) is 0 Å². The average molecular weight is 458 g/mol. The van der Waals surface area contributed by atoms with E-state index in [4.69, 9.17) is 5.10 Å². The van der Waals surface area contributed by atoms with Crippen LogP contribution in [0.3, 0.4) is 0 Å². The summed E-state index contributed by atoms with van der Waals surface area (Å²) in [6.07, 6.45) is 8.03. The number of aromatic amines is 1. The first-order valence-corrected chi connectivity index (χ1v) is 11.5. The molecule has 1 saturated carbocycles. The van der Waals surface area contributed by atoms with E-state index in [1.54, 1.807) is 0 Å². The molecular weight excluding hydrogens is 433 g/mol. The third-order valence-corrected chi connectivity index (χ3v) is 8.01. The van der Waals surface area contributed by atoms with E-state index in [1.165, 1.54) is 47.7 Å². The van der Waals surface area contributed by atoms with Gasteiger partial charge in [0.25, 0.3) is 0 Å². The van der Waals surface area contributed by atoms with E-state index in [0.29, 0.717) is 6.04 Å². The predicted molar refractivity (Wildman–Crippen MR) is 103 cm³/mol. The molecule has 26 heavy (non-hydrogen) atoms. The van der Waals surface area contributed by atoms with E-state index in [0.717, 1.165) is 11.5 Å². The summed E-state index contributed by atoms with van der Waals surface area (Å²) >= 11 is -0.261. The summed E-state index contributed by atoms with van der Waals surface area (Å²) in [4.78, 5) is 0. The molecule has 0 unspecified atom stereocenters. The second kappa shape index (κ2) is 8.71. The molecule has 3 aromatic rings. The van der Waals surface area contributed by atoms with Gasteiger partial charge in [0.2, 0.25) is 0 Å². The molecule has 1 fully saturated rings. The molecule has 136 valence electrons. The summed E-state index contributed by atoms with van der Waals surface area (Å²) in [5, 5.41) is 7.99. The van der Waals surface area contributed by atoms with Crippen molar-refractivity contribution in [3.63, 3.8) is 0 Å². The Kier molecular flexibility index (Phi) is 5.89. The number of anilines is 1. The van der Waals surface area contributed by atoms with Crippen LogP contribution < -0.4 is 24.6 Å². The molecule has 0 aliphatic heterocycles. The van der Waals surface area contributed by atoms with E-state index in [2.05, 4.69) is 74.9 Å². The molecule has 0 spiro atoms. The van der Waals surface area contributed by atoms with Crippen LogP contribution in [0.25, 0.3) is 11.3 Å². The first-order valence-electron chi connectivity index (χ1n) is 9.50. The van der Waals surface area contributed by atoms with Crippen molar-refractivity contribution in [2.24, 2.45) is 0 Å². The number of hydrogen-bond acceptors (Lipinski definition) is 2. The molecule has 1 aliphatic rings. The van der Waals surface area contributed by atoms with Crippen molar-refractivity contribution in [1.29, 1.82) is 0 Å². The van der Waals surface area contributed by atoms with Crippen molar-refractivity contribution in [3.8, 4) is 11.3 Å². The summed E-state index contributed by atoms with van der Waals surface area (Å²) in [7, 11) is 0. The topological polar surface area (TPSA) is 31.9 Å². The molecule has 1 aromatic heterocycles. The number of hydrogen-bond donors (Lipinski definition) is 1. The van der Waals surface area contributed by atoms with Gasteiger partial charge < -0.3 is 0 Å². The van der Waals surface area contributed by atoms with Crippen LogP contribution in [0.5, 0.6) is 0 Å². The Balaban J connectivity index is 1.62. The summed E-state index contributed by atoms with van der Waals surface area (Å²) in [6, 6.07) is 24.3. The van der Waals surface area contributed by atoms with Crippen LogP contribution in [-0.4, -0.2) is 16.2 Å². The Hall–Kier alpha value is -1.82. The molecule has 1 heterocycles. The van der Waals surface area contributed by atoms with Crippen LogP contribution >= 0.6 is 0 Å². The molecular formula is C22H25IN3-. The number of H-pyrrole nitrogens is 1. The van der Waals surface area contributed by atoms with Crippen molar-refractivity contribution in [3.05, 3.63) is 70.3 Å². The first-order chi connectivity index (χ1) is 12.9.